The van der Waals surface area contributed by atoms with Crippen molar-refractivity contribution in [3.05, 3.63) is 11.6 Å². The minimum Gasteiger partial charge on any atom is -0.480 e. The van der Waals surface area contributed by atoms with Crippen LogP contribution in [0.2, 0.25) is 0 Å². The van der Waals surface area contributed by atoms with Gasteiger partial charge in [0.2, 0.25) is 0 Å². The highest BCUT2D eigenvalue weighted by Gasteiger charge is 2.58. The lowest BCUT2D eigenvalue weighted by Gasteiger charge is -2.57. The highest BCUT2D eigenvalue weighted by atomic mass is 16.6. The number of rotatable bonds is 6. The maximum atomic E-state index is 12.0. The van der Waals surface area contributed by atoms with Crippen molar-refractivity contribution in [1.82, 2.24) is 5.32 Å². The molecule has 184 valence electrons. The Hall–Kier alpha value is -1.93. The van der Waals surface area contributed by atoms with E-state index >= 15 is 0 Å². The second-order valence-corrected chi connectivity index (χ2v) is 11.1. The average Bonchev–Trinajstić information content (AvgIpc) is 3.06. The topological polar surface area (TPSA) is 128 Å². The van der Waals surface area contributed by atoms with Gasteiger partial charge in [0.1, 0.15) is 0 Å². The van der Waals surface area contributed by atoms with Crippen LogP contribution >= 0.6 is 0 Å². The molecule has 0 aliphatic heterocycles. The average molecular weight is 463 g/mol. The predicted molar refractivity (Wildman–Crippen MR) is 122 cm³/mol. The summed E-state index contributed by atoms with van der Waals surface area (Å²) >= 11 is 0. The molecule has 0 aromatic carbocycles. The first-order chi connectivity index (χ1) is 15.6. The monoisotopic (exact) mass is 462 g/mol. The van der Waals surface area contributed by atoms with Crippen LogP contribution in [0.3, 0.4) is 0 Å². The molecule has 0 aromatic rings. The van der Waals surface area contributed by atoms with E-state index in [-0.39, 0.29) is 16.9 Å². The van der Waals surface area contributed by atoms with E-state index < -0.39 is 30.6 Å². The number of nitrogens with zero attached hydrogens (tertiary/aromatic N) is 1. The fourth-order valence-corrected chi connectivity index (χ4v) is 7.39. The summed E-state index contributed by atoms with van der Waals surface area (Å²) < 4.78 is 0. The number of oxime groups is 1. The Morgan fingerprint density at radius 3 is 2.64 bits per heavy atom. The van der Waals surface area contributed by atoms with Crippen molar-refractivity contribution in [2.24, 2.45) is 33.7 Å². The molecule has 6 unspecified atom stereocenters. The molecule has 8 heteroatoms. The van der Waals surface area contributed by atoms with E-state index in [2.05, 4.69) is 30.4 Å². The molecular formula is C25H38N2O6. The number of carbonyl (C=O) groups excluding carboxylic acids is 1. The number of hydrogen-bond acceptors (Lipinski definition) is 6. The molecule has 0 heterocycles. The number of aliphatic hydroxyl groups is 2. The number of amides is 1. The maximum Gasteiger partial charge on any atom is 0.328 e. The van der Waals surface area contributed by atoms with Gasteiger partial charge in [-0.1, -0.05) is 24.6 Å². The van der Waals surface area contributed by atoms with E-state index in [1.807, 2.05) is 0 Å². The molecule has 3 fully saturated rings. The van der Waals surface area contributed by atoms with Gasteiger partial charge in [-0.05, 0) is 93.0 Å². The van der Waals surface area contributed by atoms with E-state index in [4.69, 9.17) is 9.94 Å². The van der Waals surface area contributed by atoms with Crippen molar-refractivity contribution in [2.75, 3.05) is 6.61 Å². The molecule has 1 amide bonds. The van der Waals surface area contributed by atoms with Crippen molar-refractivity contribution in [1.29, 1.82) is 0 Å². The van der Waals surface area contributed by atoms with Gasteiger partial charge in [0.05, 0.1) is 17.9 Å². The van der Waals surface area contributed by atoms with E-state index in [1.54, 1.807) is 0 Å². The van der Waals surface area contributed by atoms with Gasteiger partial charge in [-0.3, -0.25) is 4.79 Å². The quantitative estimate of drug-likeness (QED) is 0.449. The predicted octanol–water partition coefficient (Wildman–Crippen LogP) is 2.63. The van der Waals surface area contributed by atoms with Crippen LogP contribution in [0.15, 0.2) is 16.8 Å². The molecule has 8 nitrogen and oxygen atoms in total. The SMILES string of the molecule is CC(O)C(NC(=O)CO/N=C1/C=C2CCC3C4CCC(O)[C@]4(C)CCC3[C@]2(C)CC1)C(=O)O. The van der Waals surface area contributed by atoms with Crippen molar-refractivity contribution in [2.45, 2.75) is 90.4 Å². The first kappa shape index (κ1) is 24.2. The van der Waals surface area contributed by atoms with Crippen molar-refractivity contribution >= 4 is 17.6 Å². The summed E-state index contributed by atoms with van der Waals surface area (Å²) in [5.41, 5.74) is 2.47. The standard InChI is InChI=1S/C25H38N2O6/c1-14(28)22(23(31)32)26-21(30)13-33-27-16-8-10-24(2)15(12-16)4-5-17-18-6-7-20(29)25(18,3)11-9-19(17)24/h12,14,17-20,22,28-29H,4-11,13H2,1-3H3,(H,26,30)(H,31,32)/b27-16+/t14?,17?,18?,19?,20?,22?,24-,25-/m1/s1. The second-order valence-electron chi connectivity index (χ2n) is 11.1. The second kappa shape index (κ2) is 9.02. The Labute approximate surface area is 195 Å². The van der Waals surface area contributed by atoms with E-state index in [0.717, 1.165) is 50.7 Å². The molecule has 0 saturated heterocycles. The molecule has 0 bridgehead atoms. The number of nitrogens with one attached hydrogen (secondary N) is 1. The zero-order valence-electron chi connectivity index (χ0n) is 19.9. The third-order valence-electron chi connectivity index (χ3n) is 9.37. The molecule has 0 aromatic heterocycles. The number of fused-ring (bicyclic) bond motifs is 5. The number of hydrogen-bond donors (Lipinski definition) is 4. The third-order valence-corrected chi connectivity index (χ3v) is 9.37. The molecule has 4 rings (SSSR count). The van der Waals surface area contributed by atoms with Crippen LogP contribution in [-0.4, -0.2) is 57.8 Å². The zero-order valence-corrected chi connectivity index (χ0v) is 19.9. The normalized spacial score (nSPS) is 40.6. The largest absolute Gasteiger partial charge is 0.480 e. The lowest BCUT2D eigenvalue weighted by Crippen LogP contribution is -2.51. The third kappa shape index (κ3) is 4.32. The van der Waals surface area contributed by atoms with Gasteiger partial charge in [0.15, 0.2) is 12.6 Å². The van der Waals surface area contributed by atoms with Crippen LogP contribution in [0.1, 0.15) is 72.1 Å². The van der Waals surface area contributed by atoms with Crippen LogP contribution < -0.4 is 5.32 Å². The number of aliphatic carboxylic acids is 1. The van der Waals surface area contributed by atoms with Gasteiger partial charge in [-0.2, -0.15) is 0 Å². The molecule has 3 saturated carbocycles. The summed E-state index contributed by atoms with van der Waals surface area (Å²) in [6.07, 6.45) is 9.11. The Balaban J connectivity index is 1.39. The van der Waals surface area contributed by atoms with Gasteiger partial charge in [0.25, 0.3) is 5.91 Å². The van der Waals surface area contributed by atoms with Gasteiger partial charge in [-0.15, -0.1) is 0 Å². The molecule has 4 N–H and O–H groups in total. The van der Waals surface area contributed by atoms with Crippen LogP contribution in [-0.2, 0) is 14.4 Å². The molecule has 4 aliphatic rings. The summed E-state index contributed by atoms with van der Waals surface area (Å²) in [4.78, 5) is 28.3. The van der Waals surface area contributed by atoms with Gasteiger partial charge >= 0.3 is 5.97 Å². The number of aliphatic hydroxyl groups excluding tert-OH is 2. The Morgan fingerprint density at radius 1 is 1.18 bits per heavy atom. The molecule has 33 heavy (non-hydrogen) atoms. The zero-order chi connectivity index (χ0) is 24.0. The van der Waals surface area contributed by atoms with E-state index in [9.17, 15) is 19.8 Å². The molecule has 0 radical (unpaired) electrons. The fourth-order valence-electron chi connectivity index (χ4n) is 7.39. The van der Waals surface area contributed by atoms with Crippen LogP contribution in [0, 0.1) is 28.6 Å². The van der Waals surface area contributed by atoms with Crippen LogP contribution in [0.5, 0.6) is 0 Å². The smallest absolute Gasteiger partial charge is 0.328 e. The molecule has 4 aliphatic carbocycles. The van der Waals surface area contributed by atoms with Crippen molar-refractivity contribution in [3.8, 4) is 0 Å². The minimum absolute atomic E-state index is 0.0852. The number of allylic oxidation sites excluding steroid dienone is 2. The molecule has 0 spiro atoms. The lowest BCUT2D eigenvalue weighted by atomic mass is 9.47. The van der Waals surface area contributed by atoms with Crippen LogP contribution in [0.25, 0.3) is 0 Å². The van der Waals surface area contributed by atoms with E-state index in [1.165, 1.54) is 18.9 Å². The highest BCUT2D eigenvalue weighted by molar-refractivity contribution is 5.96. The van der Waals surface area contributed by atoms with Gasteiger partial charge < -0.3 is 25.5 Å². The van der Waals surface area contributed by atoms with Gasteiger partial charge in [-0.25, -0.2) is 4.79 Å². The number of carbonyl (C=O) groups is 2. The summed E-state index contributed by atoms with van der Waals surface area (Å²) in [6, 6.07) is -1.38. The summed E-state index contributed by atoms with van der Waals surface area (Å²) in [5.74, 6) is 0.00935. The number of carboxylic acid groups (broad SMARTS) is 1. The van der Waals surface area contributed by atoms with Crippen molar-refractivity contribution < 1.29 is 29.7 Å². The van der Waals surface area contributed by atoms with E-state index in [0.29, 0.717) is 17.8 Å². The summed E-state index contributed by atoms with van der Waals surface area (Å²) in [7, 11) is 0. The Morgan fingerprint density at radius 2 is 1.94 bits per heavy atom. The summed E-state index contributed by atoms with van der Waals surface area (Å²) in [6.45, 7) is 5.62. The first-order valence-electron chi connectivity index (χ1n) is 12.3. The van der Waals surface area contributed by atoms with Crippen molar-refractivity contribution in [3.63, 3.8) is 0 Å². The minimum atomic E-state index is -1.38. The fraction of sp³-hybridized carbons (Fsp3) is 0.800. The number of carboxylic acids is 1. The van der Waals surface area contributed by atoms with Gasteiger partial charge in [0, 0.05) is 0 Å². The Bertz CT molecular complexity index is 854. The molecule has 8 atom stereocenters. The molecular weight excluding hydrogens is 424 g/mol. The van der Waals surface area contributed by atoms with Crippen LogP contribution in [0.4, 0.5) is 0 Å². The summed E-state index contributed by atoms with van der Waals surface area (Å²) in [5, 5.41) is 35.5. The first-order valence-corrected chi connectivity index (χ1v) is 12.3. The maximum absolute atomic E-state index is 12.0. The lowest BCUT2D eigenvalue weighted by molar-refractivity contribution is -0.145. The highest BCUT2D eigenvalue weighted by Crippen LogP contribution is 2.65. The Kier molecular flexibility index (Phi) is 6.62.